The van der Waals surface area contributed by atoms with E-state index >= 15 is 0 Å². The van der Waals surface area contributed by atoms with Gasteiger partial charge in [0.25, 0.3) is 0 Å². The maximum atomic E-state index is 11.5. The Morgan fingerprint density at radius 2 is 2.38 bits per heavy atom. The van der Waals surface area contributed by atoms with Crippen molar-refractivity contribution in [3.8, 4) is 0 Å². The number of primary amides is 1. The van der Waals surface area contributed by atoms with Crippen molar-refractivity contribution in [1.29, 1.82) is 0 Å². The highest BCUT2D eigenvalue weighted by molar-refractivity contribution is 6.33. The molecule has 116 valence electrons. The number of methoxy groups -OCH3 is 1. The number of rotatable bonds is 7. The first-order valence-electron chi connectivity index (χ1n) is 7.17. The molecular formula is C15H22ClN3O2. The van der Waals surface area contributed by atoms with Gasteiger partial charge in [0.05, 0.1) is 17.3 Å². The van der Waals surface area contributed by atoms with E-state index in [1.54, 1.807) is 7.11 Å². The lowest BCUT2D eigenvalue weighted by atomic mass is 10.1. The summed E-state index contributed by atoms with van der Waals surface area (Å²) >= 11 is 6.37. The average molecular weight is 312 g/mol. The van der Waals surface area contributed by atoms with E-state index in [1.165, 1.54) is 0 Å². The van der Waals surface area contributed by atoms with Gasteiger partial charge in [0, 0.05) is 26.7 Å². The third kappa shape index (κ3) is 4.09. The van der Waals surface area contributed by atoms with Crippen LogP contribution >= 0.6 is 11.6 Å². The van der Waals surface area contributed by atoms with Crippen molar-refractivity contribution < 1.29 is 9.53 Å². The predicted molar refractivity (Wildman–Crippen MR) is 84.6 cm³/mol. The molecule has 1 saturated heterocycles. The minimum atomic E-state index is -0.283. The lowest BCUT2D eigenvalue weighted by Gasteiger charge is -2.25. The predicted octanol–water partition coefficient (Wildman–Crippen LogP) is 1.53. The molecule has 0 radical (unpaired) electrons. The molecule has 0 spiro atoms. The maximum absolute atomic E-state index is 11.5. The number of hydrogen-bond donors (Lipinski definition) is 2. The number of nitrogens with two attached hydrogens (primary N) is 1. The van der Waals surface area contributed by atoms with Crippen molar-refractivity contribution in [2.24, 2.45) is 5.73 Å². The van der Waals surface area contributed by atoms with E-state index in [0.29, 0.717) is 11.6 Å². The van der Waals surface area contributed by atoms with E-state index in [9.17, 15) is 4.79 Å². The number of hydrogen-bond acceptors (Lipinski definition) is 4. The second kappa shape index (κ2) is 7.64. The highest BCUT2D eigenvalue weighted by Crippen LogP contribution is 2.32. The summed E-state index contributed by atoms with van der Waals surface area (Å²) in [4.78, 5) is 13.5. The largest absolute Gasteiger partial charge is 0.383 e. The first-order valence-corrected chi connectivity index (χ1v) is 7.55. The molecule has 0 bridgehead atoms. The second-order valence-corrected chi connectivity index (χ2v) is 5.62. The summed E-state index contributed by atoms with van der Waals surface area (Å²) in [6.07, 6.45) is 1.76. The second-order valence-electron chi connectivity index (χ2n) is 5.21. The fourth-order valence-electron chi connectivity index (χ4n) is 2.65. The number of halogens is 1. The van der Waals surface area contributed by atoms with E-state index in [0.717, 1.165) is 43.7 Å². The molecule has 1 aliphatic rings. The van der Waals surface area contributed by atoms with Crippen molar-refractivity contribution in [3.05, 3.63) is 28.8 Å². The van der Waals surface area contributed by atoms with Crippen LogP contribution in [0.1, 0.15) is 18.4 Å². The fraction of sp³-hybridized carbons (Fsp3) is 0.533. The third-order valence-electron chi connectivity index (χ3n) is 3.71. The summed E-state index contributed by atoms with van der Waals surface area (Å²) < 4.78 is 4.99. The van der Waals surface area contributed by atoms with Crippen LogP contribution in [0.2, 0.25) is 5.02 Å². The van der Waals surface area contributed by atoms with Crippen LogP contribution in [-0.2, 0) is 16.1 Å². The van der Waals surface area contributed by atoms with Crippen molar-refractivity contribution in [3.63, 3.8) is 0 Å². The first kappa shape index (κ1) is 16.1. The zero-order chi connectivity index (χ0) is 15.2. The van der Waals surface area contributed by atoms with Gasteiger partial charge in [-0.05, 0) is 30.5 Å². The van der Waals surface area contributed by atoms with Crippen LogP contribution in [0.15, 0.2) is 18.2 Å². The van der Waals surface area contributed by atoms with Gasteiger partial charge in [-0.1, -0.05) is 17.7 Å². The van der Waals surface area contributed by atoms with Gasteiger partial charge in [0.1, 0.15) is 6.04 Å². The molecule has 6 heteroatoms. The quantitative estimate of drug-likeness (QED) is 0.749. The number of benzene rings is 1. The Bertz CT molecular complexity index is 496. The third-order valence-corrected chi connectivity index (χ3v) is 4.02. The van der Waals surface area contributed by atoms with E-state index in [1.807, 2.05) is 23.1 Å². The molecule has 1 aromatic rings. The minimum absolute atomic E-state index is 0.242. The van der Waals surface area contributed by atoms with Gasteiger partial charge in [-0.15, -0.1) is 0 Å². The molecule has 0 saturated carbocycles. The Kier molecular flexibility index (Phi) is 5.85. The first-order chi connectivity index (χ1) is 10.1. The van der Waals surface area contributed by atoms with Gasteiger partial charge in [-0.3, -0.25) is 4.79 Å². The topological polar surface area (TPSA) is 67.6 Å². The number of nitrogens with zero attached hydrogens (tertiary/aromatic N) is 1. The molecular weight excluding hydrogens is 290 g/mol. The van der Waals surface area contributed by atoms with E-state index in [4.69, 9.17) is 22.1 Å². The molecule has 1 aromatic carbocycles. The smallest absolute Gasteiger partial charge is 0.240 e. The van der Waals surface area contributed by atoms with E-state index in [-0.39, 0.29) is 11.9 Å². The molecule has 3 N–H and O–H groups in total. The number of ether oxygens (including phenoxy) is 1. The number of carbonyl (C=O) groups is 1. The van der Waals surface area contributed by atoms with Crippen LogP contribution in [0.25, 0.3) is 0 Å². The Hall–Kier alpha value is -1.30. The van der Waals surface area contributed by atoms with E-state index < -0.39 is 0 Å². The molecule has 1 amide bonds. The molecule has 0 aromatic heterocycles. The highest BCUT2D eigenvalue weighted by atomic mass is 35.5. The molecule has 1 fully saturated rings. The summed E-state index contributed by atoms with van der Waals surface area (Å²) in [5.41, 5.74) is 7.45. The van der Waals surface area contributed by atoms with Gasteiger partial charge in [-0.2, -0.15) is 0 Å². The summed E-state index contributed by atoms with van der Waals surface area (Å²) in [6.45, 7) is 3.03. The van der Waals surface area contributed by atoms with Crippen molar-refractivity contribution in [2.75, 3.05) is 31.7 Å². The highest BCUT2D eigenvalue weighted by Gasteiger charge is 2.30. The Morgan fingerprint density at radius 3 is 3.05 bits per heavy atom. The summed E-state index contributed by atoms with van der Waals surface area (Å²) in [5, 5.41) is 3.94. The van der Waals surface area contributed by atoms with Crippen molar-refractivity contribution in [1.82, 2.24) is 5.32 Å². The van der Waals surface area contributed by atoms with Gasteiger partial charge >= 0.3 is 0 Å². The zero-order valence-electron chi connectivity index (χ0n) is 12.3. The number of nitrogens with one attached hydrogen (secondary N) is 1. The average Bonchev–Trinajstić information content (AvgIpc) is 2.93. The summed E-state index contributed by atoms with van der Waals surface area (Å²) in [6, 6.07) is 5.69. The van der Waals surface area contributed by atoms with Crippen LogP contribution in [0.4, 0.5) is 5.69 Å². The van der Waals surface area contributed by atoms with E-state index in [2.05, 4.69) is 5.32 Å². The Morgan fingerprint density at radius 1 is 1.57 bits per heavy atom. The van der Waals surface area contributed by atoms with Crippen LogP contribution in [0, 0.1) is 0 Å². The normalized spacial score (nSPS) is 18.2. The van der Waals surface area contributed by atoms with Crippen molar-refractivity contribution >= 4 is 23.2 Å². The lowest BCUT2D eigenvalue weighted by Crippen LogP contribution is -2.40. The van der Waals surface area contributed by atoms with Gasteiger partial charge in [0.15, 0.2) is 0 Å². The molecule has 0 aliphatic carbocycles. The van der Waals surface area contributed by atoms with Crippen molar-refractivity contribution in [2.45, 2.75) is 25.4 Å². The lowest BCUT2D eigenvalue weighted by molar-refractivity contribution is -0.119. The molecule has 1 heterocycles. The fourth-order valence-corrected chi connectivity index (χ4v) is 2.96. The maximum Gasteiger partial charge on any atom is 0.240 e. The monoisotopic (exact) mass is 311 g/mol. The number of anilines is 1. The van der Waals surface area contributed by atoms with Gasteiger partial charge in [0.2, 0.25) is 5.91 Å². The number of amides is 1. The molecule has 21 heavy (non-hydrogen) atoms. The molecule has 2 rings (SSSR count). The summed E-state index contributed by atoms with van der Waals surface area (Å²) in [7, 11) is 1.68. The number of carbonyl (C=O) groups excluding carboxylic acids is 1. The molecule has 1 atom stereocenters. The molecule has 1 aliphatic heterocycles. The Labute approximate surface area is 130 Å². The standard InChI is InChI=1S/C15H22ClN3O2/c1-21-8-6-18-10-11-4-5-13(12(16)9-11)19-7-2-3-14(19)15(17)20/h4-5,9,14,18H,2-3,6-8,10H2,1H3,(H2,17,20). The van der Waals surface area contributed by atoms with Crippen LogP contribution < -0.4 is 16.0 Å². The Balaban J connectivity index is 2.03. The zero-order valence-corrected chi connectivity index (χ0v) is 13.0. The van der Waals surface area contributed by atoms with Gasteiger partial charge in [-0.25, -0.2) is 0 Å². The minimum Gasteiger partial charge on any atom is -0.383 e. The van der Waals surface area contributed by atoms with Crippen LogP contribution in [0.3, 0.4) is 0 Å². The summed E-state index contributed by atoms with van der Waals surface area (Å²) in [5.74, 6) is -0.283. The SMILES string of the molecule is COCCNCc1ccc(N2CCCC2C(N)=O)c(Cl)c1. The van der Waals surface area contributed by atoms with Crippen LogP contribution in [0.5, 0.6) is 0 Å². The van der Waals surface area contributed by atoms with Gasteiger partial charge < -0.3 is 20.7 Å². The van der Waals surface area contributed by atoms with Crippen LogP contribution in [-0.4, -0.2) is 38.8 Å². The molecule has 5 nitrogen and oxygen atoms in total. The molecule has 1 unspecified atom stereocenters.